The maximum atomic E-state index is 12.4. The van der Waals surface area contributed by atoms with E-state index in [2.05, 4.69) is 36.6 Å². The van der Waals surface area contributed by atoms with Crippen LogP contribution in [0.2, 0.25) is 0 Å². The van der Waals surface area contributed by atoms with Gasteiger partial charge < -0.3 is 10.6 Å². The Morgan fingerprint density at radius 2 is 2.10 bits per heavy atom. The first-order chi connectivity index (χ1) is 9.66. The van der Waals surface area contributed by atoms with E-state index in [-0.39, 0.29) is 17.9 Å². The number of benzene rings is 1. The Balaban J connectivity index is 2.01. The van der Waals surface area contributed by atoms with Crippen molar-refractivity contribution in [1.29, 1.82) is 0 Å². The van der Waals surface area contributed by atoms with Gasteiger partial charge in [-0.15, -0.1) is 0 Å². The number of hydrogen-bond acceptors (Lipinski definition) is 2. The molecule has 1 aromatic rings. The van der Waals surface area contributed by atoms with Crippen molar-refractivity contribution in [3.63, 3.8) is 0 Å². The van der Waals surface area contributed by atoms with Crippen molar-refractivity contribution in [2.24, 2.45) is 11.8 Å². The maximum Gasteiger partial charge on any atom is 0.224 e. The van der Waals surface area contributed by atoms with Crippen LogP contribution in [0.3, 0.4) is 0 Å². The van der Waals surface area contributed by atoms with Gasteiger partial charge in [0.05, 0.1) is 12.0 Å². The van der Waals surface area contributed by atoms with Gasteiger partial charge in [0.1, 0.15) is 0 Å². The molecule has 1 heterocycles. The molecule has 2 rings (SSSR count). The first-order valence-corrected chi connectivity index (χ1v) is 7.73. The lowest BCUT2D eigenvalue weighted by atomic mass is 9.94. The molecule has 1 aliphatic heterocycles. The molecule has 110 valence electrons. The zero-order chi connectivity index (χ0) is 14.4. The van der Waals surface area contributed by atoms with Gasteiger partial charge in [0.2, 0.25) is 5.91 Å². The Bertz CT molecular complexity index is 410. The van der Waals surface area contributed by atoms with Crippen LogP contribution in [-0.4, -0.2) is 19.0 Å². The van der Waals surface area contributed by atoms with E-state index < -0.39 is 0 Å². The second kappa shape index (κ2) is 7.44. The molecule has 1 fully saturated rings. The summed E-state index contributed by atoms with van der Waals surface area (Å²) in [6.07, 6.45) is 3.08. The van der Waals surface area contributed by atoms with E-state index in [0.717, 1.165) is 32.4 Å². The summed E-state index contributed by atoms with van der Waals surface area (Å²) in [7, 11) is 0. The minimum atomic E-state index is 0.127. The fraction of sp³-hybridized carbons (Fsp3) is 0.588. The van der Waals surface area contributed by atoms with Crippen molar-refractivity contribution < 1.29 is 4.79 Å². The standard InChI is InChI=1S/C17H26N2O/c1-13(2)11-16(14-7-4-3-5-8-14)19-17(20)15-9-6-10-18-12-15/h3-5,7-8,13,15-16,18H,6,9-12H2,1-2H3,(H,19,20)/t15-,16?/m1/s1. The average Bonchev–Trinajstić information content (AvgIpc) is 2.48. The van der Waals surface area contributed by atoms with E-state index in [1.807, 2.05) is 18.2 Å². The van der Waals surface area contributed by atoms with Crippen LogP contribution in [0.5, 0.6) is 0 Å². The molecule has 20 heavy (non-hydrogen) atoms. The summed E-state index contributed by atoms with van der Waals surface area (Å²) in [4.78, 5) is 12.4. The Hall–Kier alpha value is -1.35. The molecule has 1 amide bonds. The summed E-state index contributed by atoms with van der Waals surface area (Å²) in [5.41, 5.74) is 1.21. The zero-order valence-electron chi connectivity index (χ0n) is 12.6. The first-order valence-electron chi connectivity index (χ1n) is 7.73. The molecule has 1 aliphatic rings. The molecule has 0 radical (unpaired) electrons. The molecule has 2 N–H and O–H groups in total. The summed E-state index contributed by atoms with van der Waals surface area (Å²) < 4.78 is 0. The number of carbonyl (C=O) groups excluding carboxylic acids is 1. The molecule has 2 atom stereocenters. The van der Waals surface area contributed by atoms with Crippen LogP contribution in [0.25, 0.3) is 0 Å². The van der Waals surface area contributed by atoms with Crippen molar-refractivity contribution in [3.8, 4) is 0 Å². The third kappa shape index (κ3) is 4.34. The summed E-state index contributed by atoms with van der Waals surface area (Å²) in [6, 6.07) is 10.4. The summed E-state index contributed by atoms with van der Waals surface area (Å²) in [5.74, 6) is 0.888. The maximum absolute atomic E-state index is 12.4. The van der Waals surface area contributed by atoms with Crippen molar-refractivity contribution in [2.75, 3.05) is 13.1 Å². The lowest BCUT2D eigenvalue weighted by molar-refractivity contribution is -0.126. The Morgan fingerprint density at radius 3 is 2.70 bits per heavy atom. The third-order valence-corrected chi connectivity index (χ3v) is 3.89. The third-order valence-electron chi connectivity index (χ3n) is 3.89. The number of nitrogens with one attached hydrogen (secondary N) is 2. The van der Waals surface area contributed by atoms with Crippen molar-refractivity contribution in [3.05, 3.63) is 35.9 Å². The predicted octanol–water partition coefficient (Wildman–Crippen LogP) is 2.89. The largest absolute Gasteiger partial charge is 0.349 e. The van der Waals surface area contributed by atoms with Crippen LogP contribution >= 0.6 is 0 Å². The molecule has 0 saturated carbocycles. The minimum Gasteiger partial charge on any atom is -0.349 e. The van der Waals surface area contributed by atoms with Crippen LogP contribution in [-0.2, 0) is 4.79 Å². The molecule has 1 aromatic carbocycles. The van der Waals surface area contributed by atoms with E-state index in [0.29, 0.717) is 5.92 Å². The summed E-state index contributed by atoms with van der Waals surface area (Å²) in [6.45, 7) is 6.25. The predicted molar refractivity (Wildman–Crippen MR) is 82.4 cm³/mol. The lowest BCUT2D eigenvalue weighted by Crippen LogP contribution is -2.42. The SMILES string of the molecule is CC(C)CC(NC(=O)[C@@H]1CCCNC1)c1ccccc1. The smallest absolute Gasteiger partial charge is 0.224 e. The highest BCUT2D eigenvalue weighted by atomic mass is 16.2. The van der Waals surface area contributed by atoms with Crippen molar-refractivity contribution in [2.45, 2.75) is 39.2 Å². The molecule has 1 unspecified atom stereocenters. The van der Waals surface area contributed by atoms with Gasteiger partial charge in [-0.05, 0) is 37.3 Å². The highest BCUT2D eigenvalue weighted by molar-refractivity contribution is 5.79. The molecule has 0 spiro atoms. The fourth-order valence-electron chi connectivity index (χ4n) is 2.80. The minimum absolute atomic E-state index is 0.127. The monoisotopic (exact) mass is 274 g/mol. The van der Waals surface area contributed by atoms with E-state index in [9.17, 15) is 4.79 Å². The van der Waals surface area contributed by atoms with Gasteiger partial charge in [-0.1, -0.05) is 44.2 Å². The first kappa shape index (κ1) is 15.0. The van der Waals surface area contributed by atoms with E-state index in [4.69, 9.17) is 0 Å². The Morgan fingerprint density at radius 1 is 1.35 bits per heavy atom. The number of hydrogen-bond donors (Lipinski definition) is 2. The Labute approximate surface area is 122 Å². The van der Waals surface area contributed by atoms with Gasteiger partial charge in [0.25, 0.3) is 0 Å². The molecule has 3 nitrogen and oxygen atoms in total. The van der Waals surface area contributed by atoms with Crippen LogP contribution in [0, 0.1) is 11.8 Å². The number of rotatable bonds is 5. The average molecular weight is 274 g/mol. The van der Waals surface area contributed by atoms with Crippen LogP contribution < -0.4 is 10.6 Å². The highest BCUT2D eigenvalue weighted by Crippen LogP contribution is 2.22. The van der Waals surface area contributed by atoms with Gasteiger partial charge >= 0.3 is 0 Å². The second-order valence-electron chi connectivity index (χ2n) is 6.14. The molecular weight excluding hydrogens is 248 g/mol. The van der Waals surface area contributed by atoms with E-state index >= 15 is 0 Å². The Kier molecular flexibility index (Phi) is 5.60. The molecule has 3 heteroatoms. The summed E-state index contributed by atoms with van der Waals surface area (Å²) in [5, 5.41) is 6.56. The number of carbonyl (C=O) groups is 1. The van der Waals surface area contributed by atoms with Crippen molar-refractivity contribution >= 4 is 5.91 Å². The molecule has 0 aromatic heterocycles. The number of amides is 1. The molecule has 0 aliphatic carbocycles. The van der Waals surface area contributed by atoms with Crippen LogP contribution in [0.15, 0.2) is 30.3 Å². The molecule has 1 saturated heterocycles. The van der Waals surface area contributed by atoms with Crippen molar-refractivity contribution in [1.82, 2.24) is 10.6 Å². The van der Waals surface area contributed by atoms with Gasteiger partial charge in [-0.25, -0.2) is 0 Å². The van der Waals surface area contributed by atoms with Crippen LogP contribution in [0.1, 0.15) is 44.7 Å². The van der Waals surface area contributed by atoms with Gasteiger partial charge in [-0.3, -0.25) is 4.79 Å². The normalized spacial score (nSPS) is 20.6. The molecular formula is C17H26N2O. The highest BCUT2D eigenvalue weighted by Gasteiger charge is 2.24. The van der Waals surface area contributed by atoms with E-state index in [1.54, 1.807) is 0 Å². The molecule has 0 bridgehead atoms. The van der Waals surface area contributed by atoms with Gasteiger partial charge in [-0.2, -0.15) is 0 Å². The van der Waals surface area contributed by atoms with Crippen LogP contribution in [0.4, 0.5) is 0 Å². The van der Waals surface area contributed by atoms with E-state index in [1.165, 1.54) is 5.56 Å². The van der Waals surface area contributed by atoms with Gasteiger partial charge in [0.15, 0.2) is 0 Å². The topological polar surface area (TPSA) is 41.1 Å². The lowest BCUT2D eigenvalue weighted by Gasteiger charge is -2.26. The zero-order valence-corrected chi connectivity index (χ0v) is 12.6. The van der Waals surface area contributed by atoms with Gasteiger partial charge in [0, 0.05) is 6.54 Å². The quantitative estimate of drug-likeness (QED) is 0.867. The number of piperidine rings is 1. The summed E-state index contributed by atoms with van der Waals surface area (Å²) >= 11 is 0. The second-order valence-corrected chi connectivity index (χ2v) is 6.14. The fourth-order valence-corrected chi connectivity index (χ4v) is 2.80.